The fraction of sp³-hybridized carbons (Fsp3) is 0.273. The number of rotatable bonds is 8. The maximum absolute atomic E-state index is 12.4. The maximum Gasteiger partial charge on any atom is 0.220 e. The topological polar surface area (TPSA) is 73.6 Å². The summed E-state index contributed by atoms with van der Waals surface area (Å²) in [5.74, 6) is 2.45. The van der Waals surface area contributed by atoms with Crippen molar-refractivity contribution < 1.29 is 18.7 Å². The highest BCUT2D eigenvalue weighted by Gasteiger charge is 2.16. The Morgan fingerprint density at radius 3 is 2.62 bits per heavy atom. The van der Waals surface area contributed by atoms with E-state index in [4.69, 9.17) is 25.5 Å². The Kier molecular flexibility index (Phi) is 6.77. The second-order valence-corrected chi connectivity index (χ2v) is 6.96. The summed E-state index contributed by atoms with van der Waals surface area (Å²) in [6, 6.07) is 12.6. The van der Waals surface area contributed by atoms with Crippen LogP contribution in [0.3, 0.4) is 0 Å². The molecule has 29 heavy (non-hydrogen) atoms. The van der Waals surface area contributed by atoms with E-state index in [1.54, 1.807) is 32.5 Å². The van der Waals surface area contributed by atoms with E-state index in [9.17, 15) is 4.79 Å². The van der Waals surface area contributed by atoms with Gasteiger partial charge in [0.05, 0.1) is 26.5 Å². The van der Waals surface area contributed by atoms with Crippen molar-refractivity contribution in [2.75, 3.05) is 14.2 Å². The number of amides is 1. The number of halogens is 1. The molecule has 2 aromatic carbocycles. The van der Waals surface area contributed by atoms with Crippen molar-refractivity contribution in [1.29, 1.82) is 0 Å². The van der Waals surface area contributed by atoms with E-state index in [1.165, 1.54) is 0 Å². The molecule has 1 atom stereocenters. The van der Waals surface area contributed by atoms with E-state index in [2.05, 4.69) is 10.3 Å². The first kappa shape index (κ1) is 20.7. The van der Waals surface area contributed by atoms with Crippen LogP contribution in [-0.2, 0) is 11.2 Å². The van der Waals surface area contributed by atoms with Crippen LogP contribution in [0.25, 0.3) is 11.3 Å². The van der Waals surface area contributed by atoms with Crippen LogP contribution >= 0.6 is 11.6 Å². The van der Waals surface area contributed by atoms with Crippen LogP contribution in [-0.4, -0.2) is 25.1 Å². The third kappa shape index (κ3) is 5.29. The predicted octanol–water partition coefficient (Wildman–Crippen LogP) is 4.82. The van der Waals surface area contributed by atoms with Crippen LogP contribution in [0.1, 0.15) is 30.8 Å². The molecule has 152 valence electrons. The molecule has 7 heteroatoms. The molecular weight excluding hydrogens is 392 g/mol. The van der Waals surface area contributed by atoms with Crippen molar-refractivity contribution in [1.82, 2.24) is 10.3 Å². The molecule has 0 spiro atoms. The quantitative estimate of drug-likeness (QED) is 0.571. The maximum atomic E-state index is 12.4. The van der Waals surface area contributed by atoms with Gasteiger partial charge in [-0.25, -0.2) is 4.98 Å². The fourth-order valence-corrected chi connectivity index (χ4v) is 3.09. The zero-order valence-corrected chi connectivity index (χ0v) is 17.3. The molecule has 3 aromatic rings. The monoisotopic (exact) mass is 414 g/mol. The standard InChI is InChI=1S/C22H23ClN2O4/c1-14(18-12-17(27-2)8-9-19(18)28-3)25-21(26)10-11-22-24-13-20(29-22)15-4-6-16(23)7-5-15/h4-9,12-14H,10-11H2,1-3H3,(H,25,26). The Balaban J connectivity index is 1.58. The zero-order chi connectivity index (χ0) is 20.8. The van der Waals surface area contributed by atoms with Crippen LogP contribution in [0.2, 0.25) is 5.02 Å². The van der Waals surface area contributed by atoms with Crippen LogP contribution in [0.15, 0.2) is 53.1 Å². The first-order valence-electron chi connectivity index (χ1n) is 9.22. The van der Waals surface area contributed by atoms with Crippen molar-refractivity contribution in [2.24, 2.45) is 0 Å². The first-order valence-corrected chi connectivity index (χ1v) is 9.60. The van der Waals surface area contributed by atoms with Crippen molar-refractivity contribution in [3.8, 4) is 22.8 Å². The molecule has 0 saturated carbocycles. The number of nitrogens with one attached hydrogen (secondary N) is 1. The molecule has 0 fully saturated rings. The predicted molar refractivity (Wildman–Crippen MR) is 111 cm³/mol. The third-order valence-electron chi connectivity index (χ3n) is 4.53. The van der Waals surface area contributed by atoms with Gasteiger partial charge < -0.3 is 19.2 Å². The van der Waals surface area contributed by atoms with E-state index >= 15 is 0 Å². The summed E-state index contributed by atoms with van der Waals surface area (Å²) in [6.45, 7) is 1.90. The molecule has 0 saturated heterocycles. The molecule has 0 aliphatic heterocycles. The summed E-state index contributed by atoms with van der Waals surface area (Å²) in [6.07, 6.45) is 2.32. The summed E-state index contributed by atoms with van der Waals surface area (Å²) in [5, 5.41) is 3.64. The lowest BCUT2D eigenvalue weighted by molar-refractivity contribution is -0.121. The molecule has 1 amide bonds. The molecule has 0 aliphatic rings. The molecule has 1 heterocycles. The minimum atomic E-state index is -0.235. The van der Waals surface area contributed by atoms with Crippen molar-refractivity contribution in [3.05, 3.63) is 65.1 Å². The van der Waals surface area contributed by atoms with Crippen molar-refractivity contribution >= 4 is 17.5 Å². The number of hydrogen-bond acceptors (Lipinski definition) is 5. The molecule has 0 aliphatic carbocycles. The number of ether oxygens (including phenoxy) is 2. The van der Waals surface area contributed by atoms with Gasteiger partial charge in [-0.05, 0) is 49.4 Å². The number of hydrogen-bond donors (Lipinski definition) is 1. The highest BCUT2D eigenvalue weighted by Crippen LogP contribution is 2.29. The number of oxazole rings is 1. The number of aromatic nitrogens is 1. The number of carbonyl (C=O) groups is 1. The lowest BCUT2D eigenvalue weighted by atomic mass is 10.1. The van der Waals surface area contributed by atoms with Crippen LogP contribution in [0, 0.1) is 0 Å². The Morgan fingerprint density at radius 1 is 1.17 bits per heavy atom. The summed E-state index contributed by atoms with van der Waals surface area (Å²) in [4.78, 5) is 16.7. The molecule has 1 aromatic heterocycles. The van der Waals surface area contributed by atoms with Gasteiger partial charge in [0.25, 0.3) is 0 Å². The molecular formula is C22H23ClN2O4. The lowest BCUT2D eigenvalue weighted by Gasteiger charge is -2.18. The van der Waals surface area contributed by atoms with Gasteiger partial charge in [-0.1, -0.05) is 11.6 Å². The van der Waals surface area contributed by atoms with Gasteiger partial charge in [0.2, 0.25) is 5.91 Å². The second-order valence-electron chi connectivity index (χ2n) is 6.52. The van der Waals surface area contributed by atoms with Crippen LogP contribution < -0.4 is 14.8 Å². The summed E-state index contributed by atoms with van der Waals surface area (Å²) < 4.78 is 16.4. The largest absolute Gasteiger partial charge is 0.497 e. The van der Waals surface area contributed by atoms with Crippen molar-refractivity contribution in [2.45, 2.75) is 25.8 Å². The Morgan fingerprint density at radius 2 is 1.93 bits per heavy atom. The highest BCUT2D eigenvalue weighted by molar-refractivity contribution is 6.30. The summed E-state index contributed by atoms with van der Waals surface area (Å²) in [5.41, 5.74) is 1.73. The number of methoxy groups -OCH3 is 2. The van der Waals surface area contributed by atoms with Gasteiger partial charge in [0.15, 0.2) is 11.7 Å². The van der Waals surface area contributed by atoms with Crippen molar-refractivity contribution in [3.63, 3.8) is 0 Å². The van der Waals surface area contributed by atoms with Gasteiger partial charge >= 0.3 is 0 Å². The zero-order valence-electron chi connectivity index (χ0n) is 16.6. The van der Waals surface area contributed by atoms with Gasteiger partial charge in [-0.3, -0.25) is 4.79 Å². The lowest BCUT2D eigenvalue weighted by Crippen LogP contribution is -2.27. The average Bonchev–Trinajstić information content (AvgIpc) is 3.21. The molecule has 0 bridgehead atoms. The average molecular weight is 415 g/mol. The number of aryl methyl sites for hydroxylation is 1. The fourth-order valence-electron chi connectivity index (χ4n) is 2.96. The van der Waals surface area contributed by atoms with Gasteiger partial charge in [0.1, 0.15) is 11.5 Å². The molecule has 1 unspecified atom stereocenters. The number of nitrogens with zero attached hydrogens (tertiary/aromatic N) is 1. The molecule has 1 N–H and O–H groups in total. The number of carbonyl (C=O) groups excluding carboxylic acids is 1. The van der Waals surface area contributed by atoms with Crippen LogP contribution in [0.5, 0.6) is 11.5 Å². The Bertz CT molecular complexity index is 969. The number of benzene rings is 2. The second kappa shape index (κ2) is 9.47. The third-order valence-corrected chi connectivity index (χ3v) is 4.78. The molecule has 0 radical (unpaired) electrons. The van der Waals surface area contributed by atoms with Gasteiger partial charge in [0, 0.05) is 29.0 Å². The van der Waals surface area contributed by atoms with E-state index < -0.39 is 0 Å². The Hall–Kier alpha value is -2.99. The van der Waals surface area contributed by atoms with E-state index in [1.807, 2.05) is 37.3 Å². The molecule has 6 nitrogen and oxygen atoms in total. The Labute approximate surface area is 174 Å². The highest BCUT2D eigenvalue weighted by atomic mass is 35.5. The smallest absolute Gasteiger partial charge is 0.220 e. The van der Waals surface area contributed by atoms with Gasteiger partial charge in [-0.2, -0.15) is 0 Å². The minimum absolute atomic E-state index is 0.103. The van der Waals surface area contributed by atoms with E-state index in [-0.39, 0.29) is 18.4 Å². The van der Waals surface area contributed by atoms with E-state index in [0.29, 0.717) is 34.6 Å². The SMILES string of the molecule is COc1ccc(OC)c(C(C)NC(=O)CCc2ncc(-c3ccc(Cl)cc3)o2)c1. The van der Waals surface area contributed by atoms with Gasteiger partial charge in [-0.15, -0.1) is 0 Å². The summed E-state index contributed by atoms with van der Waals surface area (Å²) >= 11 is 5.91. The molecule has 3 rings (SSSR count). The first-order chi connectivity index (χ1) is 14.0. The van der Waals surface area contributed by atoms with E-state index in [0.717, 1.165) is 11.1 Å². The van der Waals surface area contributed by atoms with Crippen LogP contribution in [0.4, 0.5) is 0 Å². The summed E-state index contributed by atoms with van der Waals surface area (Å²) in [7, 11) is 3.20. The normalized spacial score (nSPS) is 11.7. The minimum Gasteiger partial charge on any atom is -0.497 e.